The van der Waals surface area contributed by atoms with Gasteiger partial charge in [-0.05, 0) is 37.9 Å². The number of ether oxygens (including phenoxy) is 1. The Morgan fingerprint density at radius 1 is 1.60 bits per heavy atom. The van der Waals surface area contributed by atoms with E-state index in [1.54, 1.807) is 6.07 Å². The fraction of sp³-hybridized carbons (Fsp3) is 0.533. The summed E-state index contributed by atoms with van der Waals surface area (Å²) in [5.74, 6) is -0.700. The van der Waals surface area contributed by atoms with Gasteiger partial charge in [0.15, 0.2) is 0 Å². The van der Waals surface area contributed by atoms with E-state index in [1.165, 1.54) is 12.1 Å². The summed E-state index contributed by atoms with van der Waals surface area (Å²) in [6.07, 6.45) is 1.36. The van der Waals surface area contributed by atoms with E-state index >= 15 is 0 Å². The Hall–Kier alpha value is -1.62. The van der Waals surface area contributed by atoms with Crippen LogP contribution in [0.3, 0.4) is 0 Å². The summed E-state index contributed by atoms with van der Waals surface area (Å²) in [7, 11) is 0. The number of likely N-dealkylation sites (N-methyl/N-ethyl adjacent to an activating group) is 1. The monoisotopic (exact) mass is 281 g/mol. The van der Waals surface area contributed by atoms with Crippen molar-refractivity contribution in [3.63, 3.8) is 0 Å². The maximum Gasteiger partial charge on any atom is 0.324 e. The van der Waals surface area contributed by atoms with E-state index in [0.29, 0.717) is 31.6 Å². The van der Waals surface area contributed by atoms with Gasteiger partial charge in [-0.15, -0.1) is 0 Å². The largest absolute Gasteiger partial charge is 0.490 e. The summed E-state index contributed by atoms with van der Waals surface area (Å²) in [5.41, 5.74) is -0.0663. The molecule has 0 heterocycles. The van der Waals surface area contributed by atoms with Gasteiger partial charge in [0.1, 0.15) is 23.2 Å². The molecule has 2 unspecified atom stereocenters. The standard InChI is InChI=1S/C15H20FNO3/c1-3-17-15(14(18)19)7-6-12(9-15)20-13-8-11(16)5-4-10(13)2/h4-5,8,12,17H,3,6-7,9H2,1-2H3,(H,18,19). The van der Waals surface area contributed by atoms with Crippen LogP contribution in [0.5, 0.6) is 5.75 Å². The zero-order chi connectivity index (χ0) is 14.8. The lowest BCUT2D eigenvalue weighted by Crippen LogP contribution is -2.50. The summed E-state index contributed by atoms with van der Waals surface area (Å²) in [5, 5.41) is 12.4. The molecule has 0 aromatic heterocycles. The molecule has 0 saturated heterocycles. The second kappa shape index (κ2) is 5.79. The van der Waals surface area contributed by atoms with Gasteiger partial charge < -0.3 is 15.2 Å². The maximum absolute atomic E-state index is 13.2. The molecule has 1 saturated carbocycles. The number of aryl methyl sites for hydroxylation is 1. The average molecular weight is 281 g/mol. The molecule has 4 nitrogen and oxygen atoms in total. The van der Waals surface area contributed by atoms with Gasteiger partial charge in [-0.2, -0.15) is 0 Å². The highest BCUT2D eigenvalue weighted by molar-refractivity contribution is 5.79. The van der Waals surface area contributed by atoms with Crippen LogP contribution in [0.1, 0.15) is 31.7 Å². The Morgan fingerprint density at radius 3 is 3.00 bits per heavy atom. The Bertz CT molecular complexity index is 506. The third-order valence-electron chi connectivity index (χ3n) is 3.84. The lowest BCUT2D eigenvalue weighted by molar-refractivity contribution is -0.144. The van der Waals surface area contributed by atoms with E-state index in [4.69, 9.17) is 4.74 Å². The first-order chi connectivity index (χ1) is 9.47. The number of aliphatic carboxylic acids is 1. The number of nitrogens with one attached hydrogen (secondary N) is 1. The Balaban J connectivity index is 2.09. The number of carboxylic acids is 1. The molecular weight excluding hydrogens is 261 g/mol. The molecule has 1 aliphatic carbocycles. The van der Waals surface area contributed by atoms with Crippen LogP contribution in [0.4, 0.5) is 4.39 Å². The van der Waals surface area contributed by atoms with E-state index in [1.807, 2.05) is 13.8 Å². The van der Waals surface area contributed by atoms with Crippen LogP contribution in [-0.4, -0.2) is 29.3 Å². The van der Waals surface area contributed by atoms with Gasteiger partial charge in [0, 0.05) is 12.5 Å². The quantitative estimate of drug-likeness (QED) is 0.870. The molecule has 1 aromatic rings. The molecule has 2 atom stereocenters. The molecule has 110 valence electrons. The van der Waals surface area contributed by atoms with Crippen molar-refractivity contribution >= 4 is 5.97 Å². The predicted octanol–water partition coefficient (Wildman–Crippen LogP) is 2.50. The normalized spacial score (nSPS) is 25.6. The second-order valence-corrected chi connectivity index (χ2v) is 5.31. The van der Waals surface area contributed by atoms with Crippen molar-refractivity contribution in [2.24, 2.45) is 0 Å². The van der Waals surface area contributed by atoms with Gasteiger partial charge in [-0.3, -0.25) is 4.79 Å². The molecular formula is C15H20FNO3. The number of hydrogen-bond donors (Lipinski definition) is 2. The van der Waals surface area contributed by atoms with Crippen LogP contribution in [0.15, 0.2) is 18.2 Å². The summed E-state index contributed by atoms with van der Waals surface area (Å²) in [4.78, 5) is 11.5. The summed E-state index contributed by atoms with van der Waals surface area (Å²) < 4.78 is 19.0. The van der Waals surface area contributed by atoms with Gasteiger partial charge in [-0.1, -0.05) is 13.0 Å². The molecule has 1 aromatic carbocycles. The first kappa shape index (κ1) is 14.8. The van der Waals surface area contributed by atoms with E-state index in [-0.39, 0.29) is 11.9 Å². The lowest BCUT2D eigenvalue weighted by Gasteiger charge is -2.25. The zero-order valence-electron chi connectivity index (χ0n) is 11.8. The van der Waals surface area contributed by atoms with Crippen LogP contribution in [0, 0.1) is 12.7 Å². The molecule has 2 N–H and O–H groups in total. The summed E-state index contributed by atoms with van der Waals surface area (Å²) in [6.45, 7) is 4.33. The fourth-order valence-electron chi connectivity index (χ4n) is 2.75. The molecule has 1 fully saturated rings. The van der Waals surface area contributed by atoms with E-state index in [0.717, 1.165) is 5.56 Å². The highest BCUT2D eigenvalue weighted by atomic mass is 19.1. The van der Waals surface area contributed by atoms with Crippen LogP contribution in [0.25, 0.3) is 0 Å². The van der Waals surface area contributed by atoms with Crippen molar-refractivity contribution < 1.29 is 19.0 Å². The molecule has 20 heavy (non-hydrogen) atoms. The van der Waals surface area contributed by atoms with Crippen molar-refractivity contribution in [2.45, 2.75) is 44.8 Å². The number of hydrogen-bond acceptors (Lipinski definition) is 3. The molecule has 0 amide bonds. The molecule has 5 heteroatoms. The van der Waals surface area contributed by atoms with Crippen molar-refractivity contribution in [3.05, 3.63) is 29.6 Å². The Morgan fingerprint density at radius 2 is 2.35 bits per heavy atom. The molecule has 0 radical (unpaired) electrons. The van der Waals surface area contributed by atoms with E-state index < -0.39 is 11.5 Å². The molecule has 2 rings (SSSR count). The zero-order valence-corrected chi connectivity index (χ0v) is 11.8. The number of benzene rings is 1. The first-order valence-corrected chi connectivity index (χ1v) is 6.88. The highest BCUT2D eigenvalue weighted by Crippen LogP contribution is 2.34. The maximum atomic E-state index is 13.2. The highest BCUT2D eigenvalue weighted by Gasteiger charge is 2.45. The van der Waals surface area contributed by atoms with Crippen molar-refractivity contribution in [1.82, 2.24) is 5.32 Å². The molecule has 0 spiro atoms. The number of rotatable bonds is 5. The first-order valence-electron chi connectivity index (χ1n) is 6.88. The number of carbonyl (C=O) groups is 1. The topological polar surface area (TPSA) is 58.6 Å². The SMILES string of the molecule is CCNC1(C(=O)O)CCC(Oc2cc(F)ccc2C)C1. The van der Waals surface area contributed by atoms with Crippen molar-refractivity contribution in [2.75, 3.05) is 6.54 Å². The lowest BCUT2D eigenvalue weighted by atomic mass is 9.98. The molecule has 0 aliphatic heterocycles. The van der Waals surface area contributed by atoms with Crippen LogP contribution < -0.4 is 10.1 Å². The summed E-state index contributed by atoms with van der Waals surface area (Å²) >= 11 is 0. The minimum Gasteiger partial charge on any atom is -0.490 e. The van der Waals surface area contributed by atoms with Crippen molar-refractivity contribution in [3.8, 4) is 5.75 Å². The van der Waals surface area contributed by atoms with Gasteiger partial charge >= 0.3 is 5.97 Å². The third-order valence-corrected chi connectivity index (χ3v) is 3.84. The van der Waals surface area contributed by atoms with Gasteiger partial charge in [0.05, 0.1) is 0 Å². The van der Waals surface area contributed by atoms with Crippen LogP contribution >= 0.6 is 0 Å². The van der Waals surface area contributed by atoms with E-state index in [9.17, 15) is 14.3 Å². The van der Waals surface area contributed by atoms with Gasteiger partial charge in [0.25, 0.3) is 0 Å². The Kier molecular flexibility index (Phi) is 4.28. The van der Waals surface area contributed by atoms with Gasteiger partial charge in [0.2, 0.25) is 0 Å². The minimum absolute atomic E-state index is 0.203. The molecule has 0 bridgehead atoms. The fourth-order valence-corrected chi connectivity index (χ4v) is 2.75. The Labute approximate surface area is 117 Å². The van der Waals surface area contributed by atoms with Crippen LogP contribution in [0.2, 0.25) is 0 Å². The third kappa shape index (κ3) is 2.93. The number of carboxylic acid groups (broad SMARTS) is 1. The van der Waals surface area contributed by atoms with Crippen LogP contribution in [-0.2, 0) is 4.79 Å². The second-order valence-electron chi connectivity index (χ2n) is 5.31. The van der Waals surface area contributed by atoms with Gasteiger partial charge in [-0.25, -0.2) is 4.39 Å². The van der Waals surface area contributed by atoms with E-state index in [2.05, 4.69) is 5.32 Å². The minimum atomic E-state index is -0.916. The average Bonchev–Trinajstić information content (AvgIpc) is 2.79. The molecule has 1 aliphatic rings. The van der Waals surface area contributed by atoms with Crippen molar-refractivity contribution in [1.29, 1.82) is 0 Å². The smallest absolute Gasteiger partial charge is 0.324 e. The predicted molar refractivity (Wildman–Crippen MR) is 73.4 cm³/mol. The number of halogens is 1. The summed E-state index contributed by atoms with van der Waals surface area (Å²) in [6, 6.07) is 4.40.